The van der Waals surface area contributed by atoms with Crippen LogP contribution in [-0.4, -0.2) is 54.4 Å². The molecule has 0 aromatic rings. The van der Waals surface area contributed by atoms with Crippen LogP contribution in [0.2, 0.25) is 0 Å². The van der Waals surface area contributed by atoms with Crippen LogP contribution in [-0.2, 0) is 9.53 Å². The number of amides is 1. The van der Waals surface area contributed by atoms with E-state index in [1.54, 1.807) is 4.90 Å². The number of aliphatic hydroxyl groups excluding tert-OH is 1. The van der Waals surface area contributed by atoms with E-state index in [9.17, 15) is 9.90 Å². The summed E-state index contributed by atoms with van der Waals surface area (Å²) in [6.07, 6.45) is 0.876. The van der Waals surface area contributed by atoms with Gasteiger partial charge in [-0.05, 0) is 5.92 Å². The molecule has 1 aliphatic rings. The molecule has 0 aliphatic carbocycles. The van der Waals surface area contributed by atoms with Crippen molar-refractivity contribution in [1.29, 1.82) is 0 Å². The molecule has 1 heterocycles. The summed E-state index contributed by atoms with van der Waals surface area (Å²) in [5.41, 5.74) is 5.91. The Kier molecular flexibility index (Phi) is 5.18. The standard InChI is InChI=1S/C11H22N2O3/c1-3-8(2)10(12)11(15)13-4-5-16-7-9(13)6-14/h8-10,14H,3-7,12H2,1-2H3/t8?,9?,10-/m0/s1. The first kappa shape index (κ1) is 13.4. The Hall–Kier alpha value is -0.650. The molecule has 3 atom stereocenters. The molecule has 1 aliphatic heterocycles. The molecule has 1 saturated heterocycles. The molecule has 0 spiro atoms. The zero-order valence-electron chi connectivity index (χ0n) is 10.1. The number of rotatable bonds is 4. The number of hydrogen-bond donors (Lipinski definition) is 2. The summed E-state index contributed by atoms with van der Waals surface area (Å²) >= 11 is 0. The number of hydrogen-bond acceptors (Lipinski definition) is 4. The summed E-state index contributed by atoms with van der Waals surface area (Å²) < 4.78 is 5.23. The van der Waals surface area contributed by atoms with Crippen LogP contribution in [0.25, 0.3) is 0 Å². The number of carbonyl (C=O) groups is 1. The van der Waals surface area contributed by atoms with E-state index in [4.69, 9.17) is 10.5 Å². The number of morpholine rings is 1. The van der Waals surface area contributed by atoms with Crippen molar-refractivity contribution >= 4 is 5.91 Å². The van der Waals surface area contributed by atoms with Crippen LogP contribution in [0.5, 0.6) is 0 Å². The lowest BCUT2D eigenvalue weighted by Gasteiger charge is -2.37. The zero-order valence-corrected chi connectivity index (χ0v) is 10.1. The van der Waals surface area contributed by atoms with Gasteiger partial charge < -0.3 is 20.5 Å². The Labute approximate surface area is 96.6 Å². The van der Waals surface area contributed by atoms with Gasteiger partial charge in [0.25, 0.3) is 0 Å². The second-order valence-corrected chi connectivity index (χ2v) is 4.35. The number of carbonyl (C=O) groups excluding carboxylic acids is 1. The highest BCUT2D eigenvalue weighted by Crippen LogP contribution is 2.13. The highest BCUT2D eigenvalue weighted by Gasteiger charge is 2.31. The van der Waals surface area contributed by atoms with Crippen LogP contribution < -0.4 is 5.73 Å². The van der Waals surface area contributed by atoms with E-state index >= 15 is 0 Å². The highest BCUT2D eigenvalue weighted by atomic mass is 16.5. The van der Waals surface area contributed by atoms with Gasteiger partial charge in [-0.3, -0.25) is 4.79 Å². The Balaban J connectivity index is 2.63. The normalized spacial score (nSPS) is 25.2. The number of aliphatic hydroxyl groups is 1. The smallest absolute Gasteiger partial charge is 0.240 e. The van der Waals surface area contributed by atoms with Crippen molar-refractivity contribution in [1.82, 2.24) is 4.90 Å². The monoisotopic (exact) mass is 230 g/mol. The minimum absolute atomic E-state index is 0.0705. The lowest BCUT2D eigenvalue weighted by atomic mass is 9.98. The second kappa shape index (κ2) is 6.18. The molecule has 3 N–H and O–H groups in total. The van der Waals surface area contributed by atoms with E-state index in [1.807, 2.05) is 13.8 Å². The van der Waals surface area contributed by atoms with E-state index in [-0.39, 0.29) is 24.5 Å². The van der Waals surface area contributed by atoms with Crippen LogP contribution in [0.3, 0.4) is 0 Å². The summed E-state index contributed by atoms with van der Waals surface area (Å²) in [5, 5.41) is 9.17. The molecule has 0 radical (unpaired) electrons. The number of nitrogens with zero attached hydrogens (tertiary/aromatic N) is 1. The molecular weight excluding hydrogens is 208 g/mol. The van der Waals surface area contributed by atoms with Gasteiger partial charge in [0.15, 0.2) is 0 Å². The van der Waals surface area contributed by atoms with Gasteiger partial charge in [-0.15, -0.1) is 0 Å². The Bertz CT molecular complexity index is 235. The molecule has 1 fully saturated rings. The maximum Gasteiger partial charge on any atom is 0.240 e. The van der Waals surface area contributed by atoms with Crippen LogP contribution in [0.1, 0.15) is 20.3 Å². The van der Waals surface area contributed by atoms with Gasteiger partial charge in [-0.25, -0.2) is 0 Å². The van der Waals surface area contributed by atoms with E-state index in [1.165, 1.54) is 0 Å². The Morgan fingerprint density at radius 2 is 2.38 bits per heavy atom. The largest absolute Gasteiger partial charge is 0.394 e. The fourth-order valence-corrected chi connectivity index (χ4v) is 1.79. The minimum atomic E-state index is -0.475. The molecule has 0 bridgehead atoms. The summed E-state index contributed by atoms with van der Waals surface area (Å²) in [4.78, 5) is 13.8. The van der Waals surface area contributed by atoms with Gasteiger partial charge in [0, 0.05) is 6.54 Å². The molecule has 5 nitrogen and oxygen atoms in total. The molecule has 0 aromatic carbocycles. The van der Waals surface area contributed by atoms with E-state index < -0.39 is 6.04 Å². The van der Waals surface area contributed by atoms with Crippen molar-refractivity contribution in [3.05, 3.63) is 0 Å². The predicted molar refractivity (Wildman–Crippen MR) is 60.8 cm³/mol. The van der Waals surface area contributed by atoms with Gasteiger partial charge in [0.2, 0.25) is 5.91 Å². The van der Waals surface area contributed by atoms with Crippen LogP contribution in [0, 0.1) is 5.92 Å². The third-order valence-corrected chi connectivity index (χ3v) is 3.26. The average Bonchev–Trinajstić information content (AvgIpc) is 2.35. The van der Waals surface area contributed by atoms with Crippen molar-refractivity contribution in [3.8, 4) is 0 Å². The fourth-order valence-electron chi connectivity index (χ4n) is 1.79. The van der Waals surface area contributed by atoms with Crippen molar-refractivity contribution in [3.63, 3.8) is 0 Å². The van der Waals surface area contributed by atoms with Gasteiger partial charge >= 0.3 is 0 Å². The van der Waals surface area contributed by atoms with Crippen molar-refractivity contribution in [2.75, 3.05) is 26.4 Å². The zero-order chi connectivity index (χ0) is 12.1. The first-order valence-electron chi connectivity index (χ1n) is 5.86. The number of ether oxygens (including phenoxy) is 1. The Morgan fingerprint density at radius 1 is 1.69 bits per heavy atom. The topological polar surface area (TPSA) is 75.8 Å². The molecular formula is C11H22N2O3. The molecule has 16 heavy (non-hydrogen) atoms. The van der Waals surface area contributed by atoms with Gasteiger partial charge in [0.05, 0.1) is 31.9 Å². The molecule has 1 rings (SSSR count). The molecule has 2 unspecified atom stereocenters. The quantitative estimate of drug-likeness (QED) is 0.688. The predicted octanol–water partition coefficient (Wildman–Crippen LogP) is -0.420. The van der Waals surface area contributed by atoms with Gasteiger partial charge in [-0.2, -0.15) is 0 Å². The lowest BCUT2D eigenvalue weighted by molar-refractivity contribution is -0.144. The maximum atomic E-state index is 12.1. The average molecular weight is 230 g/mol. The van der Waals surface area contributed by atoms with Crippen molar-refractivity contribution < 1.29 is 14.6 Å². The summed E-state index contributed by atoms with van der Waals surface area (Å²) in [6, 6.07) is -0.714. The SMILES string of the molecule is CCC(C)[C@H](N)C(=O)N1CCOCC1CO. The molecule has 0 aromatic heterocycles. The van der Waals surface area contributed by atoms with Crippen molar-refractivity contribution in [2.24, 2.45) is 11.7 Å². The molecule has 1 amide bonds. The fraction of sp³-hybridized carbons (Fsp3) is 0.909. The lowest BCUT2D eigenvalue weighted by Crippen LogP contribution is -2.56. The van der Waals surface area contributed by atoms with Crippen LogP contribution in [0.15, 0.2) is 0 Å². The first-order chi connectivity index (χ1) is 7.61. The van der Waals surface area contributed by atoms with E-state index in [0.29, 0.717) is 19.8 Å². The first-order valence-corrected chi connectivity index (χ1v) is 5.86. The maximum absolute atomic E-state index is 12.1. The van der Waals surface area contributed by atoms with Crippen molar-refractivity contribution in [2.45, 2.75) is 32.4 Å². The third kappa shape index (κ3) is 2.93. The molecule has 5 heteroatoms. The minimum Gasteiger partial charge on any atom is -0.394 e. The van der Waals surface area contributed by atoms with E-state index in [2.05, 4.69) is 0 Å². The Morgan fingerprint density at radius 3 is 2.94 bits per heavy atom. The highest BCUT2D eigenvalue weighted by molar-refractivity contribution is 5.82. The van der Waals surface area contributed by atoms with Crippen LogP contribution in [0.4, 0.5) is 0 Å². The second-order valence-electron chi connectivity index (χ2n) is 4.35. The summed E-state index contributed by atoms with van der Waals surface area (Å²) in [6.45, 7) is 5.36. The van der Waals surface area contributed by atoms with Crippen LogP contribution >= 0.6 is 0 Å². The summed E-state index contributed by atoms with van der Waals surface area (Å²) in [5.74, 6) is 0.0892. The summed E-state index contributed by atoms with van der Waals surface area (Å²) in [7, 11) is 0. The van der Waals surface area contributed by atoms with Gasteiger partial charge in [-0.1, -0.05) is 20.3 Å². The van der Waals surface area contributed by atoms with Gasteiger partial charge in [0.1, 0.15) is 0 Å². The number of nitrogens with two attached hydrogens (primary N) is 1. The van der Waals surface area contributed by atoms with E-state index in [0.717, 1.165) is 6.42 Å². The molecule has 94 valence electrons. The third-order valence-electron chi connectivity index (χ3n) is 3.26. The molecule has 0 saturated carbocycles.